The van der Waals surface area contributed by atoms with Gasteiger partial charge in [0.05, 0.1) is 16.7 Å². The lowest BCUT2D eigenvalue weighted by Gasteiger charge is -2.16. The monoisotopic (exact) mass is 487 g/mol. The van der Waals surface area contributed by atoms with E-state index in [1.165, 1.54) is 10.8 Å². The highest BCUT2D eigenvalue weighted by atomic mass is 16.3. The standard InChI is InChI=1S/C34H21N3O/c1-2-13-26(33-34-27(17-20-36-33)25-12-5-8-16-32(25)38-34)22(9-1)28-21-35-19-18-31(28)37-29-14-6-3-10-23(29)24-11-4-7-15-30(24)37/h1-21H. The van der Waals surface area contributed by atoms with Gasteiger partial charge in [-0.3, -0.25) is 9.97 Å². The van der Waals surface area contributed by atoms with Crippen LogP contribution < -0.4 is 0 Å². The number of benzene rings is 4. The molecule has 0 aliphatic heterocycles. The Hall–Kier alpha value is -5.22. The molecule has 0 bridgehead atoms. The van der Waals surface area contributed by atoms with Gasteiger partial charge in [0.25, 0.3) is 0 Å². The van der Waals surface area contributed by atoms with E-state index >= 15 is 0 Å². The SMILES string of the molecule is c1ccc(-c2nccc3c2oc2ccccc23)c(-c2cnccc2-n2c3ccccc3c3ccccc32)c1. The third-order valence-corrected chi connectivity index (χ3v) is 7.39. The van der Waals surface area contributed by atoms with Crippen LogP contribution >= 0.6 is 0 Å². The normalized spacial score (nSPS) is 11.7. The molecular weight excluding hydrogens is 466 g/mol. The van der Waals surface area contributed by atoms with Crippen LogP contribution in [0.5, 0.6) is 0 Å². The highest BCUT2D eigenvalue weighted by Gasteiger charge is 2.20. The molecule has 0 aliphatic carbocycles. The maximum atomic E-state index is 6.36. The molecule has 0 saturated heterocycles. The van der Waals surface area contributed by atoms with Gasteiger partial charge in [-0.2, -0.15) is 0 Å². The molecule has 0 aliphatic rings. The Morgan fingerprint density at radius 2 is 1.18 bits per heavy atom. The summed E-state index contributed by atoms with van der Waals surface area (Å²) in [6.07, 6.45) is 5.69. The summed E-state index contributed by atoms with van der Waals surface area (Å²) in [4.78, 5) is 9.40. The van der Waals surface area contributed by atoms with Crippen molar-refractivity contribution in [1.82, 2.24) is 14.5 Å². The van der Waals surface area contributed by atoms with Crippen LogP contribution in [0.2, 0.25) is 0 Å². The molecule has 0 spiro atoms. The van der Waals surface area contributed by atoms with Crippen molar-refractivity contribution in [2.24, 2.45) is 0 Å². The summed E-state index contributed by atoms with van der Waals surface area (Å²) in [6, 6.07) is 37.8. The first-order chi connectivity index (χ1) is 18.9. The lowest BCUT2D eigenvalue weighted by molar-refractivity contribution is 0.668. The maximum Gasteiger partial charge on any atom is 0.161 e. The van der Waals surface area contributed by atoms with Crippen molar-refractivity contribution in [3.05, 3.63) is 128 Å². The molecule has 8 rings (SSSR count). The van der Waals surface area contributed by atoms with Gasteiger partial charge in [0.1, 0.15) is 11.3 Å². The lowest BCUT2D eigenvalue weighted by atomic mass is 9.96. The van der Waals surface area contributed by atoms with Crippen molar-refractivity contribution < 1.29 is 4.42 Å². The van der Waals surface area contributed by atoms with E-state index in [0.717, 1.165) is 61.0 Å². The summed E-state index contributed by atoms with van der Waals surface area (Å²) in [5, 5.41) is 4.62. The zero-order chi connectivity index (χ0) is 25.1. The number of fused-ring (bicyclic) bond motifs is 6. The van der Waals surface area contributed by atoms with E-state index in [4.69, 9.17) is 9.40 Å². The van der Waals surface area contributed by atoms with E-state index in [2.05, 4.69) is 94.5 Å². The fourth-order valence-electron chi connectivity index (χ4n) is 5.74. The number of nitrogens with zero attached hydrogens (tertiary/aromatic N) is 3. The number of aromatic nitrogens is 3. The molecule has 8 aromatic rings. The first-order valence-corrected chi connectivity index (χ1v) is 12.7. The van der Waals surface area contributed by atoms with Crippen LogP contribution in [-0.4, -0.2) is 14.5 Å². The molecule has 38 heavy (non-hydrogen) atoms. The molecule has 4 aromatic carbocycles. The minimum Gasteiger partial charge on any atom is -0.454 e. The number of rotatable bonds is 3. The zero-order valence-corrected chi connectivity index (χ0v) is 20.4. The molecule has 178 valence electrons. The number of hydrogen-bond acceptors (Lipinski definition) is 3. The Balaban J connectivity index is 1.43. The molecule has 0 fully saturated rings. The van der Waals surface area contributed by atoms with Crippen LogP contribution in [-0.2, 0) is 0 Å². The van der Waals surface area contributed by atoms with Gasteiger partial charge in [-0.1, -0.05) is 78.9 Å². The Bertz CT molecular complexity index is 2100. The lowest BCUT2D eigenvalue weighted by Crippen LogP contribution is -1.99. The van der Waals surface area contributed by atoms with Gasteiger partial charge in [0.15, 0.2) is 5.58 Å². The molecule has 4 nitrogen and oxygen atoms in total. The molecule has 0 unspecified atom stereocenters. The summed E-state index contributed by atoms with van der Waals surface area (Å²) in [5.74, 6) is 0. The molecule has 0 saturated carbocycles. The molecule has 4 heteroatoms. The molecule has 0 N–H and O–H groups in total. The second-order valence-corrected chi connectivity index (χ2v) is 9.44. The molecule has 4 heterocycles. The van der Waals surface area contributed by atoms with E-state index in [9.17, 15) is 0 Å². The second-order valence-electron chi connectivity index (χ2n) is 9.44. The average Bonchev–Trinajstić information content (AvgIpc) is 3.53. The maximum absolute atomic E-state index is 6.36. The largest absolute Gasteiger partial charge is 0.454 e. The first-order valence-electron chi connectivity index (χ1n) is 12.7. The van der Waals surface area contributed by atoms with E-state index in [1.807, 2.05) is 42.9 Å². The molecule has 4 aromatic heterocycles. The van der Waals surface area contributed by atoms with Crippen LogP contribution in [0.3, 0.4) is 0 Å². The van der Waals surface area contributed by atoms with Crippen LogP contribution in [0.1, 0.15) is 0 Å². The zero-order valence-electron chi connectivity index (χ0n) is 20.4. The molecular formula is C34H21N3O. The van der Waals surface area contributed by atoms with Gasteiger partial charge in [-0.25, -0.2) is 0 Å². The summed E-state index contributed by atoms with van der Waals surface area (Å²) in [5.41, 5.74) is 8.97. The predicted octanol–water partition coefficient (Wildman–Crippen LogP) is 8.81. The number of pyridine rings is 2. The third-order valence-electron chi connectivity index (χ3n) is 7.39. The van der Waals surface area contributed by atoms with Crippen LogP contribution in [0.25, 0.3) is 71.8 Å². The van der Waals surface area contributed by atoms with Crippen molar-refractivity contribution in [3.63, 3.8) is 0 Å². The summed E-state index contributed by atoms with van der Waals surface area (Å²) in [7, 11) is 0. The Labute approximate surface area is 218 Å². The Morgan fingerprint density at radius 1 is 0.526 bits per heavy atom. The highest BCUT2D eigenvalue weighted by molar-refractivity contribution is 6.11. The smallest absolute Gasteiger partial charge is 0.161 e. The van der Waals surface area contributed by atoms with Gasteiger partial charge in [0.2, 0.25) is 0 Å². The van der Waals surface area contributed by atoms with Crippen molar-refractivity contribution in [1.29, 1.82) is 0 Å². The van der Waals surface area contributed by atoms with E-state index < -0.39 is 0 Å². The topological polar surface area (TPSA) is 43.9 Å². The van der Waals surface area contributed by atoms with Crippen molar-refractivity contribution in [2.75, 3.05) is 0 Å². The van der Waals surface area contributed by atoms with Crippen molar-refractivity contribution >= 4 is 43.7 Å². The predicted molar refractivity (Wildman–Crippen MR) is 155 cm³/mol. The Kier molecular flexibility index (Phi) is 4.49. The molecule has 0 atom stereocenters. The van der Waals surface area contributed by atoms with Gasteiger partial charge >= 0.3 is 0 Å². The van der Waals surface area contributed by atoms with E-state index in [0.29, 0.717) is 0 Å². The highest BCUT2D eigenvalue weighted by Crippen LogP contribution is 2.41. The van der Waals surface area contributed by atoms with Crippen LogP contribution in [0.15, 0.2) is 132 Å². The second kappa shape index (κ2) is 8.15. The summed E-state index contributed by atoms with van der Waals surface area (Å²) < 4.78 is 8.70. The van der Waals surface area contributed by atoms with E-state index in [1.54, 1.807) is 0 Å². The average molecular weight is 488 g/mol. The van der Waals surface area contributed by atoms with Gasteiger partial charge in [0, 0.05) is 51.3 Å². The van der Waals surface area contributed by atoms with Gasteiger partial charge in [-0.05, 0) is 35.9 Å². The van der Waals surface area contributed by atoms with Gasteiger partial charge < -0.3 is 8.98 Å². The number of hydrogen-bond donors (Lipinski definition) is 0. The third kappa shape index (κ3) is 2.98. The minimum atomic E-state index is 0.795. The van der Waals surface area contributed by atoms with Crippen molar-refractivity contribution in [2.45, 2.75) is 0 Å². The van der Waals surface area contributed by atoms with Crippen LogP contribution in [0.4, 0.5) is 0 Å². The summed E-state index contributed by atoms with van der Waals surface area (Å²) in [6.45, 7) is 0. The first kappa shape index (κ1) is 20.9. The van der Waals surface area contributed by atoms with E-state index in [-0.39, 0.29) is 0 Å². The molecule has 0 radical (unpaired) electrons. The van der Waals surface area contributed by atoms with Crippen molar-refractivity contribution in [3.8, 4) is 28.1 Å². The summed E-state index contributed by atoms with van der Waals surface area (Å²) >= 11 is 0. The fourth-order valence-corrected chi connectivity index (χ4v) is 5.74. The fraction of sp³-hybridized carbons (Fsp3) is 0. The quantitative estimate of drug-likeness (QED) is 0.250. The molecule has 0 amide bonds. The Morgan fingerprint density at radius 3 is 1.97 bits per heavy atom. The van der Waals surface area contributed by atoms with Crippen LogP contribution in [0, 0.1) is 0 Å². The number of para-hydroxylation sites is 3. The number of furan rings is 1. The van der Waals surface area contributed by atoms with Gasteiger partial charge in [-0.15, -0.1) is 0 Å². The minimum absolute atomic E-state index is 0.795.